The third-order valence-corrected chi connectivity index (χ3v) is 7.49. The van der Waals surface area contributed by atoms with Gasteiger partial charge in [0.25, 0.3) is 0 Å². The van der Waals surface area contributed by atoms with E-state index in [1.807, 2.05) is 24.3 Å². The summed E-state index contributed by atoms with van der Waals surface area (Å²) in [4.78, 5) is 3.36. The lowest BCUT2D eigenvalue weighted by Gasteiger charge is -2.24. The van der Waals surface area contributed by atoms with E-state index in [9.17, 15) is 0 Å². The molecule has 0 spiro atoms. The molecule has 0 N–H and O–H groups in total. The van der Waals surface area contributed by atoms with Crippen molar-refractivity contribution in [1.82, 2.24) is 8.75 Å². The summed E-state index contributed by atoms with van der Waals surface area (Å²) < 4.78 is 9.07. The highest BCUT2D eigenvalue weighted by Crippen LogP contribution is 2.43. The van der Waals surface area contributed by atoms with Gasteiger partial charge in [-0.2, -0.15) is 19.3 Å². The molecule has 0 radical (unpaired) electrons. The lowest BCUT2D eigenvalue weighted by atomic mass is 10.0. The van der Waals surface area contributed by atoms with Crippen LogP contribution in [0.2, 0.25) is 0 Å². The molecule has 0 atom stereocenters. The van der Waals surface area contributed by atoms with Crippen molar-refractivity contribution < 1.29 is 0 Å². The molecule has 5 aromatic rings. The Hall–Kier alpha value is -4.30. The normalized spacial score (nSPS) is 11.1. The molecular formula is C29H21N5S2. The topological polar surface area (TPSA) is 76.6 Å². The van der Waals surface area contributed by atoms with E-state index >= 15 is 0 Å². The molecule has 5 nitrogen and oxygen atoms in total. The minimum atomic E-state index is -0.791. The van der Waals surface area contributed by atoms with Gasteiger partial charge in [-0.15, -0.1) is 11.3 Å². The molecule has 0 bridgehead atoms. The van der Waals surface area contributed by atoms with Gasteiger partial charge in [-0.1, -0.05) is 59.7 Å². The van der Waals surface area contributed by atoms with E-state index in [0.717, 1.165) is 55.1 Å². The summed E-state index contributed by atoms with van der Waals surface area (Å²) in [5.74, 6) is -0.791. The van der Waals surface area contributed by atoms with Gasteiger partial charge in [-0.05, 0) is 50.2 Å². The van der Waals surface area contributed by atoms with Crippen LogP contribution in [0.4, 0.5) is 16.4 Å². The van der Waals surface area contributed by atoms with Gasteiger partial charge in [-0.25, -0.2) is 0 Å². The predicted molar refractivity (Wildman–Crippen MR) is 149 cm³/mol. The van der Waals surface area contributed by atoms with Gasteiger partial charge in [0.1, 0.15) is 16.0 Å². The van der Waals surface area contributed by atoms with Crippen molar-refractivity contribution in [2.75, 3.05) is 4.90 Å². The first-order valence-electron chi connectivity index (χ1n) is 11.3. The highest BCUT2D eigenvalue weighted by molar-refractivity contribution is 7.19. The van der Waals surface area contributed by atoms with E-state index in [2.05, 4.69) is 88.2 Å². The molecule has 174 valence electrons. The Balaban J connectivity index is 1.56. The lowest BCUT2D eigenvalue weighted by Crippen LogP contribution is -2.08. The van der Waals surface area contributed by atoms with Crippen molar-refractivity contribution >= 4 is 56.6 Å². The number of hydrogen-bond donors (Lipinski definition) is 0. The maximum atomic E-state index is 9.06. The van der Waals surface area contributed by atoms with Gasteiger partial charge in [0.15, 0.2) is 5.92 Å². The van der Waals surface area contributed by atoms with Gasteiger partial charge in [0, 0.05) is 27.4 Å². The minimum Gasteiger partial charge on any atom is -0.302 e. The second-order valence-electron chi connectivity index (χ2n) is 8.40. The van der Waals surface area contributed by atoms with Crippen molar-refractivity contribution in [1.29, 1.82) is 10.5 Å². The number of aryl methyl sites for hydroxylation is 2. The van der Waals surface area contributed by atoms with Crippen LogP contribution in [0.5, 0.6) is 0 Å². The maximum absolute atomic E-state index is 9.06. The second-order valence-corrected chi connectivity index (χ2v) is 9.99. The average molecular weight is 504 g/mol. The van der Waals surface area contributed by atoms with E-state index < -0.39 is 5.92 Å². The van der Waals surface area contributed by atoms with Crippen LogP contribution in [-0.4, -0.2) is 8.75 Å². The number of nitriles is 2. The molecule has 2 aromatic heterocycles. The molecule has 0 saturated heterocycles. The molecule has 0 aliphatic carbocycles. The highest BCUT2D eigenvalue weighted by atomic mass is 32.1. The molecule has 5 rings (SSSR count). The van der Waals surface area contributed by atoms with Gasteiger partial charge >= 0.3 is 0 Å². The van der Waals surface area contributed by atoms with Crippen LogP contribution in [0.25, 0.3) is 27.6 Å². The number of benzene rings is 3. The molecular weight excluding hydrogens is 482 g/mol. The number of nitrogens with zero attached hydrogens (tertiary/aromatic N) is 5. The number of anilines is 3. The number of fused-ring (bicyclic) bond motifs is 1. The van der Waals surface area contributed by atoms with E-state index in [-0.39, 0.29) is 0 Å². The number of aromatic nitrogens is 2. The molecule has 3 aromatic carbocycles. The summed E-state index contributed by atoms with van der Waals surface area (Å²) in [6, 6.07) is 29.3. The summed E-state index contributed by atoms with van der Waals surface area (Å²) in [5.41, 5.74) is 8.08. The van der Waals surface area contributed by atoms with Crippen LogP contribution >= 0.6 is 23.1 Å². The first-order chi connectivity index (χ1) is 17.6. The van der Waals surface area contributed by atoms with Crippen molar-refractivity contribution in [3.8, 4) is 22.6 Å². The Kier molecular flexibility index (Phi) is 6.60. The van der Waals surface area contributed by atoms with Crippen LogP contribution in [-0.2, 0) is 0 Å². The van der Waals surface area contributed by atoms with Crippen LogP contribution in [0.3, 0.4) is 0 Å². The molecule has 0 aliphatic rings. The molecule has 0 amide bonds. The second kappa shape index (κ2) is 10.1. The van der Waals surface area contributed by atoms with Crippen molar-refractivity contribution in [3.63, 3.8) is 0 Å². The van der Waals surface area contributed by atoms with Crippen molar-refractivity contribution in [3.05, 3.63) is 95.6 Å². The minimum absolute atomic E-state index is 0.771. The Morgan fingerprint density at radius 1 is 0.778 bits per heavy atom. The van der Waals surface area contributed by atoms with Gasteiger partial charge < -0.3 is 4.90 Å². The summed E-state index contributed by atoms with van der Waals surface area (Å²) in [7, 11) is 0. The fraction of sp³-hybridized carbons (Fsp3) is 0.103. The fourth-order valence-corrected chi connectivity index (χ4v) is 5.57. The van der Waals surface area contributed by atoms with Crippen molar-refractivity contribution in [2.45, 2.75) is 13.8 Å². The van der Waals surface area contributed by atoms with E-state index in [0.29, 0.717) is 0 Å². The third kappa shape index (κ3) is 4.63. The number of hydrogen-bond acceptors (Lipinski definition) is 7. The first-order valence-corrected chi connectivity index (χ1v) is 12.9. The molecule has 7 heteroatoms. The van der Waals surface area contributed by atoms with Crippen molar-refractivity contribution in [2.24, 2.45) is 5.92 Å². The highest BCUT2D eigenvalue weighted by Gasteiger charge is 2.18. The number of rotatable bonds is 6. The zero-order valence-electron chi connectivity index (χ0n) is 19.7. The van der Waals surface area contributed by atoms with Crippen LogP contribution in [0.15, 0.2) is 78.9 Å². The molecule has 0 unspecified atom stereocenters. The van der Waals surface area contributed by atoms with Gasteiger partial charge in [-0.3, -0.25) is 0 Å². The summed E-state index contributed by atoms with van der Waals surface area (Å²) in [6.45, 7) is 4.19. The molecule has 36 heavy (non-hydrogen) atoms. The first kappa shape index (κ1) is 23.4. The Morgan fingerprint density at radius 2 is 1.39 bits per heavy atom. The number of allylic oxidation sites excluding steroid dienone is 1. The summed E-state index contributed by atoms with van der Waals surface area (Å²) in [6.07, 6.45) is 3.37. The predicted octanol–water partition coefficient (Wildman–Crippen LogP) is 8.18. The van der Waals surface area contributed by atoms with Gasteiger partial charge in [0.05, 0.1) is 23.9 Å². The maximum Gasteiger partial charge on any atom is 0.151 e. The zero-order valence-corrected chi connectivity index (χ0v) is 21.3. The third-order valence-electron chi connectivity index (χ3n) is 5.86. The summed E-state index contributed by atoms with van der Waals surface area (Å²) >= 11 is 2.86. The van der Waals surface area contributed by atoms with E-state index in [1.165, 1.54) is 11.1 Å². The van der Waals surface area contributed by atoms with E-state index in [4.69, 9.17) is 10.5 Å². The Labute approximate surface area is 218 Å². The number of thiophene rings is 1. The average Bonchev–Trinajstić information content (AvgIpc) is 3.58. The summed E-state index contributed by atoms with van der Waals surface area (Å²) in [5, 5.41) is 19.2. The molecule has 2 heterocycles. The lowest BCUT2D eigenvalue weighted by molar-refractivity contribution is 1.10. The van der Waals surface area contributed by atoms with Crippen LogP contribution in [0.1, 0.15) is 16.7 Å². The fourth-order valence-electron chi connectivity index (χ4n) is 3.92. The van der Waals surface area contributed by atoms with Crippen LogP contribution in [0, 0.1) is 42.4 Å². The SMILES string of the molecule is Cc1ccc(N(c2ccc(C)cc2)c2ccc(-c3ccc(/C=C/C(C#N)C#N)c4nsnc34)s2)cc1. The molecule has 0 aliphatic heterocycles. The zero-order chi connectivity index (χ0) is 25.1. The Bertz CT molecular complexity index is 1570. The molecule has 0 fully saturated rings. The Morgan fingerprint density at radius 3 is 2.00 bits per heavy atom. The molecule has 0 saturated carbocycles. The van der Waals surface area contributed by atoms with Crippen LogP contribution < -0.4 is 4.90 Å². The smallest absolute Gasteiger partial charge is 0.151 e. The largest absolute Gasteiger partial charge is 0.302 e. The quantitative estimate of drug-likeness (QED) is 0.233. The van der Waals surface area contributed by atoms with Gasteiger partial charge in [0.2, 0.25) is 0 Å². The monoisotopic (exact) mass is 503 g/mol. The van der Waals surface area contributed by atoms with E-state index in [1.54, 1.807) is 23.5 Å². The standard InChI is InChI=1S/C29H21N5S2/c1-19-3-10-23(11-4-19)34(24-12-5-20(2)6-13-24)27-16-15-26(35-27)25-14-9-22(8-7-21(17-30)18-31)28-29(25)33-36-32-28/h3-16,21H,1-2H3/b8-7+.